The van der Waals surface area contributed by atoms with Crippen LogP contribution in [0.15, 0.2) is 22.7 Å². The van der Waals surface area contributed by atoms with Crippen molar-refractivity contribution in [3.63, 3.8) is 0 Å². The average Bonchev–Trinajstić information content (AvgIpc) is 2.80. The van der Waals surface area contributed by atoms with Gasteiger partial charge in [0.25, 0.3) is 5.89 Å². The maximum Gasteiger partial charge on any atom is 0.261 e. The number of aromatic hydroxyl groups is 1. The van der Waals surface area contributed by atoms with E-state index in [2.05, 4.69) is 32.7 Å². The number of benzene rings is 1. The van der Waals surface area contributed by atoms with E-state index < -0.39 is 0 Å². The van der Waals surface area contributed by atoms with Gasteiger partial charge >= 0.3 is 0 Å². The van der Waals surface area contributed by atoms with Crippen molar-refractivity contribution >= 4 is 22.6 Å². The fourth-order valence-electron chi connectivity index (χ4n) is 1.98. The van der Waals surface area contributed by atoms with Crippen LogP contribution >= 0.6 is 22.6 Å². The molecule has 0 saturated heterocycles. The van der Waals surface area contributed by atoms with E-state index in [1.54, 1.807) is 19.2 Å². The molecule has 2 aromatic rings. The number of ether oxygens (including phenoxy) is 1. The molecule has 5 nitrogen and oxygen atoms in total. The molecule has 0 radical (unpaired) electrons. The van der Waals surface area contributed by atoms with Crippen LogP contribution in [0.2, 0.25) is 0 Å². The van der Waals surface area contributed by atoms with E-state index in [0.717, 1.165) is 3.57 Å². The van der Waals surface area contributed by atoms with Crippen LogP contribution in [0.1, 0.15) is 32.7 Å². The molecule has 1 heterocycles. The summed E-state index contributed by atoms with van der Waals surface area (Å²) in [6, 6.07) is 5.22. The van der Waals surface area contributed by atoms with Gasteiger partial charge in [0.15, 0.2) is 0 Å². The second-order valence-electron chi connectivity index (χ2n) is 5.60. The molecule has 2 rings (SSSR count). The van der Waals surface area contributed by atoms with Crippen LogP contribution in [-0.4, -0.2) is 22.4 Å². The summed E-state index contributed by atoms with van der Waals surface area (Å²) in [7, 11) is 1.62. The molecule has 0 fully saturated rings. The lowest BCUT2D eigenvalue weighted by Gasteiger charge is -2.26. The smallest absolute Gasteiger partial charge is 0.261 e. The molecule has 0 spiro atoms. The highest BCUT2D eigenvalue weighted by molar-refractivity contribution is 14.1. The molecule has 1 aromatic carbocycles. The van der Waals surface area contributed by atoms with E-state index in [1.807, 2.05) is 26.8 Å². The molecule has 0 saturated carbocycles. The molecule has 0 amide bonds. The van der Waals surface area contributed by atoms with E-state index >= 15 is 0 Å². The highest BCUT2D eigenvalue weighted by Crippen LogP contribution is 2.36. The number of phenolic OH excluding ortho intramolecular Hbond substituents is 1. The highest BCUT2D eigenvalue weighted by Gasteiger charge is 2.31. The minimum Gasteiger partial charge on any atom is -0.507 e. The topological polar surface area (TPSA) is 68.4 Å². The number of hydrogen-bond acceptors (Lipinski definition) is 5. The first-order valence-electron chi connectivity index (χ1n) is 6.18. The van der Waals surface area contributed by atoms with Crippen LogP contribution < -0.4 is 0 Å². The third-order valence-corrected chi connectivity index (χ3v) is 3.56. The summed E-state index contributed by atoms with van der Waals surface area (Å²) in [6.45, 7) is 6.13. The summed E-state index contributed by atoms with van der Waals surface area (Å²) in [4.78, 5) is 4.35. The monoisotopic (exact) mass is 388 g/mol. The molecule has 6 heteroatoms. The quantitative estimate of drug-likeness (QED) is 0.811. The lowest BCUT2D eigenvalue weighted by atomic mass is 9.88. The third-order valence-electron chi connectivity index (χ3n) is 2.89. The Bertz CT molecular complexity index is 605. The number of aromatic nitrogens is 2. The maximum absolute atomic E-state index is 9.89. The molecular weight excluding hydrogens is 371 g/mol. The van der Waals surface area contributed by atoms with Gasteiger partial charge in [-0.05, 0) is 46.2 Å². The van der Waals surface area contributed by atoms with Gasteiger partial charge in [0, 0.05) is 10.7 Å². The van der Waals surface area contributed by atoms with Gasteiger partial charge in [-0.15, -0.1) is 0 Å². The summed E-state index contributed by atoms with van der Waals surface area (Å²) in [5, 5.41) is 13.9. The zero-order chi connectivity index (χ0) is 14.9. The Hall–Kier alpha value is -1.15. The van der Waals surface area contributed by atoms with Gasteiger partial charge in [0.2, 0.25) is 5.82 Å². The first kappa shape index (κ1) is 15.2. The lowest BCUT2D eigenvalue weighted by Crippen LogP contribution is -2.21. The summed E-state index contributed by atoms with van der Waals surface area (Å²) in [5.74, 6) is 0.890. The van der Waals surface area contributed by atoms with Crippen molar-refractivity contribution in [1.29, 1.82) is 0 Å². The molecule has 1 aromatic heterocycles. The van der Waals surface area contributed by atoms with Crippen LogP contribution in [0.5, 0.6) is 5.75 Å². The maximum atomic E-state index is 9.89. The van der Waals surface area contributed by atoms with Gasteiger partial charge in [-0.1, -0.05) is 25.9 Å². The van der Waals surface area contributed by atoms with Gasteiger partial charge in [0.1, 0.15) is 11.9 Å². The second kappa shape index (κ2) is 5.69. The molecule has 1 atom stereocenters. The Morgan fingerprint density at radius 2 is 2.05 bits per heavy atom. The van der Waals surface area contributed by atoms with Crippen molar-refractivity contribution in [1.82, 2.24) is 10.1 Å². The van der Waals surface area contributed by atoms with E-state index in [9.17, 15) is 5.11 Å². The van der Waals surface area contributed by atoms with Crippen molar-refractivity contribution < 1.29 is 14.4 Å². The summed E-state index contributed by atoms with van der Waals surface area (Å²) >= 11 is 2.16. The Morgan fingerprint density at radius 1 is 1.35 bits per heavy atom. The molecule has 0 aliphatic heterocycles. The fraction of sp³-hybridized carbons (Fsp3) is 0.429. The van der Waals surface area contributed by atoms with E-state index in [4.69, 9.17) is 9.26 Å². The van der Waals surface area contributed by atoms with Crippen molar-refractivity contribution in [3.8, 4) is 17.2 Å². The van der Waals surface area contributed by atoms with Gasteiger partial charge < -0.3 is 14.4 Å². The first-order chi connectivity index (χ1) is 9.32. The van der Waals surface area contributed by atoms with Crippen molar-refractivity contribution in [2.75, 3.05) is 7.11 Å². The van der Waals surface area contributed by atoms with Crippen LogP contribution in [0.4, 0.5) is 0 Å². The molecule has 0 aliphatic carbocycles. The Labute approximate surface area is 131 Å². The van der Waals surface area contributed by atoms with Crippen LogP contribution in [-0.2, 0) is 4.74 Å². The van der Waals surface area contributed by atoms with Gasteiger partial charge in [-0.25, -0.2) is 0 Å². The predicted molar refractivity (Wildman–Crippen MR) is 83.3 cm³/mol. The molecule has 20 heavy (non-hydrogen) atoms. The number of hydrogen-bond donors (Lipinski definition) is 1. The van der Waals surface area contributed by atoms with Crippen molar-refractivity contribution in [2.45, 2.75) is 26.9 Å². The SMILES string of the molecule is COC(c1noc(-c2cc(I)ccc2O)n1)C(C)(C)C. The van der Waals surface area contributed by atoms with E-state index in [1.165, 1.54) is 0 Å². The van der Waals surface area contributed by atoms with Crippen molar-refractivity contribution in [3.05, 3.63) is 27.6 Å². The Kier molecular flexibility index (Phi) is 4.33. The molecule has 1 N–H and O–H groups in total. The molecule has 1 unspecified atom stereocenters. The van der Waals surface area contributed by atoms with Crippen LogP contribution in [0, 0.1) is 8.99 Å². The number of halogens is 1. The summed E-state index contributed by atoms with van der Waals surface area (Å²) in [6.07, 6.45) is -0.273. The van der Waals surface area contributed by atoms with Gasteiger partial charge in [-0.3, -0.25) is 0 Å². The number of methoxy groups -OCH3 is 1. The zero-order valence-corrected chi connectivity index (χ0v) is 14.0. The third kappa shape index (κ3) is 3.12. The standard InChI is InChI=1S/C14H17IN2O3/c1-14(2,3)11(19-4)12-16-13(20-17-12)9-7-8(15)5-6-10(9)18/h5-7,11,18H,1-4H3. The number of nitrogens with zero attached hydrogens (tertiary/aromatic N) is 2. The normalized spacial score (nSPS) is 13.4. The first-order valence-corrected chi connectivity index (χ1v) is 7.26. The second-order valence-corrected chi connectivity index (χ2v) is 6.85. The minimum absolute atomic E-state index is 0.116. The van der Waals surface area contributed by atoms with Crippen molar-refractivity contribution in [2.24, 2.45) is 5.41 Å². The van der Waals surface area contributed by atoms with Crippen LogP contribution in [0.25, 0.3) is 11.5 Å². The summed E-state index contributed by atoms with van der Waals surface area (Å²) < 4.78 is 11.7. The molecule has 108 valence electrons. The van der Waals surface area contributed by atoms with Gasteiger partial charge in [0.05, 0.1) is 5.56 Å². The summed E-state index contributed by atoms with van der Waals surface area (Å²) in [5.41, 5.74) is 0.377. The highest BCUT2D eigenvalue weighted by atomic mass is 127. The fourth-order valence-corrected chi connectivity index (χ4v) is 2.47. The Balaban J connectivity index is 2.40. The number of rotatable bonds is 3. The largest absolute Gasteiger partial charge is 0.507 e. The Morgan fingerprint density at radius 3 is 2.65 bits per heavy atom. The van der Waals surface area contributed by atoms with E-state index in [0.29, 0.717) is 17.3 Å². The van der Waals surface area contributed by atoms with Crippen LogP contribution in [0.3, 0.4) is 0 Å². The molecular formula is C14H17IN2O3. The number of phenols is 1. The lowest BCUT2D eigenvalue weighted by molar-refractivity contribution is 0.00718. The average molecular weight is 388 g/mol. The predicted octanol–water partition coefficient (Wildman–Crippen LogP) is 3.78. The van der Waals surface area contributed by atoms with E-state index in [-0.39, 0.29) is 17.3 Å². The minimum atomic E-state index is -0.273. The van der Waals surface area contributed by atoms with Gasteiger partial charge in [-0.2, -0.15) is 4.98 Å². The molecule has 0 bridgehead atoms. The zero-order valence-electron chi connectivity index (χ0n) is 11.8. The molecule has 0 aliphatic rings.